The summed E-state index contributed by atoms with van der Waals surface area (Å²) in [5.41, 5.74) is 1.65. The van der Waals surface area contributed by atoms with E-state index in [1.54, 1.807) is 13.2 Å². The van der Waals surface area contributed by atoms with Crippen LogP contribution in [0.3, 0.4) is 0 Å². The Morgan fingerprint density at radius 2 is 1.93 bits per heavy atom. The van der Waals surface area contributed by atoms with Crippen LogP contribution < -0.4 is 9.64 Å². The second-order valence-corrected chi connectivity index (χ2v) is 8.96. The fourth-order valence-corrected chi connectivity index (χ4v) is 5.88. The van der Waals surface area contributed by atoms with E-state index in [0.29, 0.717) is 23.9 Å². The van der Waals surface area contributed by atoms with Crippen molar-refractivity contribution in [3.63, 3.8) is 0 Å². The first-order chi connectivity index (χ1) is 14.6. The van der Waals surface area contributed by atoms with Crippen LogP contribution in [0, 0.1) is 11.8 Å². The highest BCUT2D eigenvalue weighted by molar-refractivity contribution is 5.87. The SMILES string of the molecule is COc1ccc([C@H]2CCC[C@H]3[C@@H]4C[C@@H](CN(c5ccc(C(=O)O)cn5)C4)CN23)cc1. The Kier molecular flexibility index (Phi) is 5.11. The van der Waals surface area contributed by atoms with Crippen LogP contribution >= 0.6 is 0 Å². The number of aromatic carboxylic acids is 1. The molecule has 6 nitrogen and oxygen atoms in total. The van der Waals surface area contributed by atoms with Crippen molar-refractivity contribution in [2.45, 2.75) is 37.8 Å². The number of piperidine rings is 3. The zero-order chi connectivity index (χ0) is 20.7. The van der Waals surface area contributed by atoms with E-state index in [9.17, 15) is 4.79 Å². The molecule has 0 aliphatic carbocycles. The first-order valence-corrected chi connectivity index (χ1v) is 11.0. The number of rotatable bonds is 4. The fourth-order valence-electron chi connectivity index (χ4n) is 5.88. The summed E-state index contributed by atoms with van der Waals surface area (Å²) >= 11 is 0. The van der Waals surface area contributed by atoms with Crippen LogP contribution in [0.4, 0.5) is 5.82 Å². The van der Waals surface area contributed by atoms with Crippen molar-refractivity contribution < 1.29 is 14.6 Å². The van der Waals surface area contributed by atoms with Crippen molar-refractivity contribution in [3.05, 3.63) is 53.7 Å². The Morgan fingerprint density at radius 1 is 1.10 bits per heavy atom. The third-order valence-corrected chi connectivity index (χ3v) is 7.21. The van der Waals surface area contributed by atoms with Crippen LogP contribution in [-0.4, -0.2) is 53.7 Å². The monoisotopic (exact) mass is 407 g/mol. The van der Waals surface area contributed by atoms with Crippen LogP contribution in [0.2, 0.25) is 0 Å². The molecule has 2 bridgehead atoms. The summed E-state index contributed by atoms with van der Waals surface area (Å²) in [4.78, 5) is 20.7. The van der Waals surface area contributed by atoms with Gasteiger partial charge >= 0.3 is 5.97 Å². The van der Waals surface area contributed by atoms with E-state index in [-0.39, 0.29) is 5.56 Å². The predicted octanol–water partition coefficient (Wildman–Crippen LogP) is 3.84. The van der Waals surface area contributed by atoms with Gasteiger partial charge in [0.05, 0.1) is 12.7 Å². The van der Waals surface area contributed by atoms with E-state index < -0.39 is 5.97 Å². The number of fused-ring (bicyclic) bond motifs is 4. The maximum atomic E-state index is 11.1. The van der Waals surface area contributed by atoms with E-state index in [1.807, 2.05) is 6.07 Å². The van der Waals surface area contributed by atoms with Crippen LogP contribution in [0.15, 0.2) is 42.6 Å². The van der Waals surface area contributed by atoms with Gasteiger partial charge in [0.25, 0.3) is 0 Å². The minimum Gasteiger partial charge on any atom is -0.497 e. The first kappa shape index (κ1) is 19.4. The molecule has 3 aliphatic heterocycles. The van der Waals surface area contributed by atoms with Crippen molar-refractivity contribution in [1.29, 1.82) is 0 Å². The van der Waals surface area contributed by atoms with E-state index in [2.05, 4.69) is 39.0 Å². The molecule has 4 atom stereocenters. The third kappa shape index (κ3) is 3.54. The van der Waals surface area contributed by atoms with E-state index in [4.69, 9.17) is 9.84 Å². The zero-order valence-corrected chi connectivity index (χ0v) is 17.4. The molecule has 30 heavy (non-hydrogen) atoms. The molecule has 2 aromatic rings. The lowest BCUT2D eigenvalue weighted by molar-refractivity contribution is -0.0201. The molecule has 5 rings (SSSR count). The van der Waals surface area contributed by atoms with Gasteiger partial charge in [-0.3, -0.25) is 4.90 Å². The number of aromatic nitrogens is 1. The number of benzene rings is 1. The molecule has 3 aliphatic rings. The summed E-state index contributed by atoms with van der Waals surface area (Å²) in [5, 5.41) is 9.13. The first-order valence-electron chi connectivity index (χ1n) is 11.0. The Balaban J connectivity index is 1.34. The smallest absolute Gasteiger partial charge is 0.337 e. The molecular weight excluding hydrogens is 378 g/mol. The van der Waals surface area contributed by atoms with Gasteiger partial charge in [0.2, 0.25) is 0 Å². The van der Waals surface area contributed by atoms with Crippen LogP contribution in [0.1, 0.15) is 47.6 Å². The number of carboxylic acids is 1. The summed E-state index contributed by atoms with van der Waals surface area (Å²) in [5.74, 6) is 2.16. The lowest BCUT2D eigenvalue weighted by Gasteiger charge is -2.55. The number of hydrogen-bond donors (Lipinski definition) is 1. The van der Waals surface area contributed by atoms with E-state index >= 15 is 0 Å². The van der Waals surface area contributed by atoms with Gasteiger partial charge in [0.15, 0.2) is 0 Å². The highest BCUT2D eigenvalue weighted by Gasteiger charge is 2.45. The van der Waals surface area contributed by atoms with Crippen molar-refractivity contribution >= 4 is 11.8 Å². The fraction of sp³-hybridized carbons (Fsp3) is 0.500. The molecule has 1 aromatic heterocycles. The minimum atomic E-state index is -0.924. The zero-order valence-electron chi connectivity index (χ0n) is 17.4. The standard InChI is InChI=1S/C24H29N3O3/c1-30-20-8-5-17(6-9-20)21-3-2-4-22-19-11-16(14-27(21)22)13-26(15-19)23-10-7-18(12-25-23)24(28)29/h5-10,12,16,19,21-22H,2-4,11,13-15H2,1H3,(H,28,29)/t16-,19+,21+,22-/m0/s1. The lowest BCUT2D eigenvalue weighted by Crippen LogP contribution is -2.59. The number of hydrogen-bond acceptors (Lipinski definition) is 5. The molecule has 158 valence electrons. The predicted molar refractivity (Wildman–Crippen MR) is 115 cm³/mol. The van der Waals surface area contributed by atoms with Crippen molar-refractivity contribution in [2.75, 3.05) is 31.6 Å². The van der Waals surface area contributed by atoms with Crippen LogP contribution in [0.25, 0.3) is 0 Å². The Bertz CT molecular complexity index is 899. The highest BCUT2D eigenvalue weighted by atomic mass is 16.5. The summed E-state index contributed by atoms with van der Waals surface area (Å²) < 4.78 is 5.34. The van der Waals surface area contributed by atoms with Gasteiger partial charge in [-0.05, 0) is 67.3 Å². The number of ether oxygens (including phenoxy) is 1. The molecule has 3 fully saturated rings. The average molecular weight is 408 g/mol. The van der Waals surface area contributed by atoms with Crippen LogP contribution in [-0.2, 0) is 0 Å². The largest absolute Gasteiger partial charge is 0.497 e. The molecular formula is C24H29N3O3. The molecule has 3 saturated heterocycles. The van der Waals surface area contributed by atoms with Gasteiger partial charge in [0, 0.05) is 37.9 Å². The van der Waals surface area contributed by atoms with Gasteiger partial charge < -0.3 is 14.7 Å². The summed E-state index contributed by atoms with van der Waals surface area (Å²) in [6.45, 7) is 3.13. The Morgan fingerprint density at radius 3 is 2.63 bits per heavy atom. The molecule has 4 heterocycles. The summed E-state index contributed by atoms with van der Waals surface area (Å²) in [6.07, 6.45) is 6.53. The van der Waals surface area contributed by atoms with Gasteiger partial charge in [-0.15, -0.1) is 0 Å². The molecule has 0 spiro atoms. The number of carbonyl (C=O) groups is 1. The molecule has 0 unspecified atom stereocenters. The van der Waals surface area contributed by atoms with Gasteiger partial charge in [-0.25, -0.2) is 9.78 Å². The number of carboxylic acid groups (broad SMARTS) is 1. The van der Waals surface area contributed by atoms with Gasteiger partial charge in [-0.2, -0.15) is 0 Å². The molecule has 0 radical (unpaired) electrons. The Labute approximate surface area is 177 Å². The Hall–Kier alpha value is -2.60. The molecule has 1 N–H and O–H groups in total. The second kappa shape index (κ2) is 7.91. The van der Waals surface area contributed by atoms with E-state index in [0.717, 1.165) is 31.2 Å². The van der Waals surface area contributed by atoms with Gasteiger partial charge in [-0.1, -0.05) is 12.1 Å². The molecule has 0 saturated carbocycles. The highest BCUT2D eigenvalue weighted by Crippen LogP contribution is 2.45. The topological polar surface area (TPSA) is 65.9 Å². The molecule has 0 amide bonds. The second-order valence-electron chi connectivity index (χ2n) is 8.96. The maximum Gasteiger partial charge on any atom is 0.337 e. The number of pyridine rings is 1. The number of anilines is 1. The lowest BCUT2D eigenvalue weighted by atomic mass is 9.74. The molecule has 1 aromatic carbocycles. The quantitative estimate of drug-likeness (QED) is 0.831. The number of methoxy groups -OCH3 is 1. The minimum absolute atomic E-state index is 0.247. The van der Waals surface area contributed by atoms with Gasteiger partial charge in [0.1, 0.15) is 11.6 Å². The number of nitrogens with zero attached hydrogens (tertiary/aromatic N) is 3. The third-order valence-electron chi connectivity index (χ3n) is 7.21. The normalized spacial score (nSPS) is 28.6. The van der Waals surface area contributed by atoms with Crippen molar-refractivity contribution in [2.24, 2.45) is 11.8 Å². The van der Waals surface area contributed by atoms with Crippen molar-refractivity contribution in [1.82, 2.24) is 9.88 Å². The van der Waals surface area contributed by atoms with Crippen molar-refractivity contribution in [3.8, 4) is 5.75 Å². The maximum absolute atomic E-state index is 11.1. The summed E-state index contributed by atoms with van der Waals surface area (Å²) in [6, 6.07) is 13.3. The molecule has 6 heteroatoms. The summed E-state index contributed by atoms with van der Waals surface area (Å²) in [7, 11) is 1.72. The van der Waals surface area contributed by atoms with Crippen LogP contribution in [0.5, 0.6) is 5.75 Å². The van der Waals surface area contributed by atoms with E-state index in [1.165, 1.54) is 37.4 Å². The average Bonchev–Trinajstić information content (AvgIpc) is 2.79.